The summed E-state index contributed by atoms with van der Waals surface area (Å²) in [5.74, 6) is -0.273. The van der Waals surface area contributed by atoms with Crippen LogP contribution >= 0.6 is 7.82 Å². The average Bonchev–Trinajstić information content (AvgIpc) is 3.33. The molecule has 4 unspecified atom stereocenters. The molecule has 71 heavy (non-hydrogen) atoms. The van der Waals surface area contributed by atoms with E-state index in [4.69, 9.17) is 9.05 Å². The number of phosphoric acid groups is 1. The molecule has 4 atom stereocenters. The Labute approximate surface area is 437 Å². The Morgan fingerprint density at radius 2 is 0.873 bits per heavy atom. The minimum atomic E-state index is -4.43. The average molecular weight is 1010 g/mol. The second kappa shape index (κ2) is 50.9. The molecule has 10 heteroatoms. The maximum atomic E-state index is 13.0. The Bertz CT molecular complexity index is 1490. The zero-order valence-electron chi connectivity index (χ0n) is 46.3. The number of nitrogens with zero attached hydrogens (tertiary/aromatic N) is 1. The first kappa shape index (κ1) is 68.4. The van der Waals surface area contributed by atoms with Gasteiger partial charge in [0.1, 0.15) is 19.3 Å². The van der Waals surface area contributed by atoms with E-state index in [1.807, 2.05) is 21.1 Å². The van der Waals surface area contributed by atoms with Gasteiger partial charge in [-0.1, -0.05) is 220 Å². The van der Waals surface area contributed by atoms with Crippen molar-refractivity contribution in [3.8, 4) is 0 Å². The third-order valence-corrected chi connectivity index (χ3v) is 13.4. The van der Waals surface area contributed by atoms with E-state index >= 15 is 0 Å². The van der Waals surface area contributed by atoms with E-state index in [-0.39, 0.29) is 18.9 Å². The standard InChI is InChI=1S/C61H109N2O7P/c1-6-8-10-12-14-16-18-20-21-22-23-24-25-26-27-28-29-30-31-32-33-34-35-36-37-38-39-40-41-42-44-46-48-50-52-54-60(65)62-58(57-70-71(67,68)69-56-55-63(3,4)5)61(66)59(64)53-51-49-47-45-43-19-17-15-13-11-9-7-2/h8,10,14,16,20-21,23-24,26-27,29-30,32-33,45,47,58-59,61,64,66H,6-7,9,11-13,15,17-19,22,25,28,31,34-44,46,48-57H2,1-5H3,(H-,62,65,67,68)/p+1/b10-8-,16-14-,21-20-,24-23-,27-26-,30-29-,33-32-,47-45+. The lowest BCUT2D eigenvalue weighted by atomic mass is 10.0. The molecule has 0 saturated heterocycles. The molecule has 0 aliphatic rings. The SMILES string of the molecule is CC/C=C\C/C=C\C/C=C\C/C=C\C/C=C\C/C=C\C/C=C\CCCCCCCCCCCCCCCC(=O)NC(COP(=O)(O)OCC[N+](C)(C)C)C(O)C(O)CCC/C=C/CCCCCCCCC. The summed E-state index contributed by atoms with van der Waals surface area (Å²) in [7, 11) is 1.41. The summed E-state index contributed by atoms with van der Waals surface area (Å²) in [6.45, 7) is 4.45. The third-order valence-electron chi connectivity index (χ3n) is 12.4. The first-order valence-electron chi connectivity index (χ1n) is 28.7. The predicted molar refractivity (Wildman–Crippen MR) is 305 cm³/mol. The number of carbonyl (C=O) groups is 1. The second-order valence-electron chi connectivity index (χ2n) is 20.4. The molecule has 0 aromatic rings. The number of amides is 1. The van der Waals surface area contributed by atoms with Crippen LogP contribution < -0.4 is 5.32 Å². The number of quaternary nitrogens is 1. The number of nitrogens with one attached hydrogen (secondary N) is 1. The van der Waals surface area contributed by atoms with E-state index in [1.54, 1.807) is 0 Å². The summed E-state index contributed by atoms with van der Waals surface area (Å²) in [5, 5.41) is 24.8. The molecular formula is C61H110N2O7P+. The van der Waals surface area contributed by atoms with Crippen molar-refractivity contribution in [3.05, 3.63) is 97.2 Å². The highest BCUT2D eigenvalue weighted by Gasteiger charge is 2.31. The van der Waals surface area contributed by atoms with Gasteiger partial charge in [-0.25, -0.2) is 4.57 Å². The topological polar surface area (TPSA) is 125 Å². The van der Waals surface area contributed by atoms with Crippen LogP contribution in [0.1, 0.15) is 226 Å². The van der Waals surface area contributed by atoms with Gasteiger partial charge in [0.25, 0.3) is 0 Å². The third kappa shape index (κ3) is 52.1. The molecule has 410 valence electrons. The second-order valence-corrected chi connectivity index (χ2v) is 21.9. The van der Waals surface area contributed by atoms with Crippen molar-refractivity contribution in [1.29, 1.82) is 0 Å². The molecule has 0 radical (unpaired) electrons. The van der Waals surface area contributed by atoms with Crippen LogP contribution in [0.5, 0.6) is 0 Å². The van der Waals surface area contributed by atoms with Crippen molar-refractivity contribution >= 4 is 13.7 Å². The van der Waals surface area contributed by atoms with Crippen LogP contribution in [0, 0.1) is 0 Å². The van der Waals surface area contributed by atoms with E-state index in [9.17, 15) is 24.5 Å². The maximum Gasteiger partial charge on any atom is 0.472 e. The summed E-state index contributed by atoms with van der Waals surface area (Å²) in [6, 6.07) is -1.06. The lowest BCUT2D eigenvalue weighted by molar-refractivity contribution is -0.870. The molecular weight excluding hydrogens is 904 g/mol. The predicted octanol–water partition coefficient (Wildman–Crippen LogP) is 16.4. The highest BCUT2D eigenvalue weighted by atomic mass is 31.2. The lowest BCUT2D eigenvalue weighted by Crippen LogP contribution is -2.51. The molecule has 0 aliphatic heterocycles. The first-order valence-corrected chi connectivity index (χ1v) is 30.2. The molecule has 0 rings (SSSR count). The minimum Gasteiger partial charge on any atom is -0.390 e. The molecule has 1 amide bonds. The number of hydrogen-bond donors (Lipinski definition) is 4. The molecule has 9 nitrogen and oxygen atoms in total. The molecule has 0 fully saturated rings. The van der Waals surface area contributed by atoms with E-state index in [0.29, 0.717) is 23.9 Å². The van der Waals surface area contributed by atoms with Crippen LogP contribution in [-0.4, -0.2) is 84.6 Å². The zero-order chi connectivity index (χ0) is 52.2. The van der Waals surface area contributed by atoms with Crippen molar-refractivity contribution in [1.82, 2.24) is 5.32 Å². The van der Waals surface area contributed by atoms with Gasteiger partial charge in [-0.3, -0.25) is 13.8 Å². The van der Waals surface area contributed by atoms with Gasteiger partial charge >= 0.3 is 7.82 Å². The van der Waals surface area contributed by atoms with Crippen LogP contribution in [0.4, 0.5) is 0 Å². The molecule has 0 bridgehead atoms. The number of aliphatic hydroxyl groups excluding tert-OH is 2. The van der Waals surface area contributed by atoms with Crippen molar-refractivity contribution in [2.24, 2.45) is 0 Å². The number of hydrogen-bond acceptors (Lipinski definition) is 6. The number of phosphoric ester groups is 1. The molecule has 0 saturated carbocycles. The highest BCUT2D eigenvalue weighted by Crippen LogP contribution is 2.43. The fourth-order valence-corrected chi connectivity index (χ4v) is 8.62. The minimum absolute atomic E-state index is 0.0126. The smallest absolute Gasteiger partial charge is 0.390 e. The Kier molecular flexibility index (Phi) is 49.0. The summed E-state index contributed by atoms with van der Waals surface area (Å²) < 4.78 is 23.6. The number of aliphatic hydroxyl groups is 2. The van der Waals surface area contributed by atoms with Crippen molar-refractivity contribution < 1.29 is 38.0 Å². The van der Waals surface area contributed by atoms with Crippen LogP contribution in [-0.2, 0) is 18.4 Å². The van der Waals surface area contributed by atoms with E-state index in [1.165, 1.54) is 109 Å². The quantitative estimate of drug-likeness (QED) is 0.0207. The van der Waals surface area contributed by atoms with Gasteiger partial charge in [0.2, 0.25) is 5.91 Å². The van der Waals surface area contributed by atoms with Gasteiger partial charge in [-0.2, -0.15) is 0 Å². The van der Waals surface area contributed by atoms with Crippen LogP contribution in [0.15, 0.2) is 97.2 Å². The summed E-state index contributed by atoms with van der Waals surface area (Å²) in [4.78, 5) is 23.3. The first-order chi connectivity index (χ1) is 34.4. The zero-order valence-corrected chi connectivity index (χ0v) is 47.2. The number of likely N-dealkylation sites (N-methyl/N-ethyl adjacent to an activating group) is 1. The van der Waals surface area contributed by atoms with Crippen LogP contribution in [0.25, 0.3) is 0 Å². The molecule has 0 spiro atoms. The van der Waals surface area contributed by atoms with Gasteiger partial charge in [-0.15, -0.1) is 0 Å². The van der Waals surface area contributed by atoms with E-state index in [2.05, 4.69) is 116 Å². The maximum absolute atomic E-state index is 13.0. The molecule has 0 heterocycles. The Morgan fingerprint density at radius 3 is 1.30 bits per heavy atom. The molecule has 4 N–H and O–H groups in total. The summed E-state index contributed by atoms with van der Waals surface area (Å²) >= 11 is 0. The Morgan fingerprint density at radius 1 is 0.507 bits per heavy atom. The van der Waals surface area contributed by atoms with Crippen LogP contribution in [0.3, 0.4) is 0 Å². The number of allylic oxidation sites excluding steroid dienone is 16. The van der Waals surface area contributed by atoms with Crippen molar-refractivity contribution in [2.75, 3.05) is 40.9 Å². The van der Waals surface area contributed by atoms with E-state index in [0.717, 1.165) is 83.5 Å². The number of rotatable bonds is 51. The monoisotopic (exact) mass is 1010 g/mol. The Balaban J connectivity index is 4.15. The van der Waals surface area contributed by atoms with Gasteiger partial charge in [0, 0.05) is 6.42 Å². The fourth-order valence-electron chi connectivity index (χ4n) is 7.89. The van der Waals surface area contributed by atoms with Gasteiger partial charge in [0.05, 0.1) is 39.9 Å². The lowest BCUT2D eigenvalue weighted by Gasteiger charge is -2.28. The Hall–Kier alpha value is -2.62. The van der Waals surface area contributed by atoms with Crippen LogP contribution in [0.2, 0.25) is 0 Å². The highest BCUT2D eigenvalue weighted by molar-refractivity contribution is 7.47. The number of unbranched alkanes of at least 4 members (excludes halogenated alkanes) is 21. The molecule has 0 aliphatic carbocycles. The van der Waals surface area contributed by atoms with Gasteiger partial charge in [-0.05, 0) is 96.3 Å². The van der Waals surface area contributed by atoms with Crippen molar-refractivity contribution in [3.63, 3.8) is 0 Å². The normalized spacial score (nSPS) is 15.1. The molecule has 0 aromatic heterocycles. The van der Waals surface area contributed by atoms with Gasteiger partial charge in [0.15, 0.2) is 0 Å². The van der Waals surface area contributed by atoms with Gasteiger partial charge < -0.3 is 24.9 Å². The largest absolute Gasteiger partial charge is 0.472 e. The summed E-state index contributed by atoms with van der Waals surface area (Å²) in [5.41, 5.74) is 0. The molecule has 0 aromatic carbocycles. The van der Waals surface area contributed by atoms with Crippen molar-refractivity contribution in [2.45, 2.75) is 244 Å². The number of carbonyl (C=O) groups excluding carboxylic acids is 1. The van der Waals surface area contributed by atoms with E-state index < -0.39 is 32.7 Å². The summed E-state index contributed by atoms with van der Waals surface area (Å²) in [6.07, 6.45) is 69.3. The fraction of sp³-hybridized carbons (Fsp3) is 0.721.